The highest BCUT2D eigenvalue weighted by atomic mass is 35.5. The van der Waals surface area contributed by atoms with E-state index in [4.69, 9.17) is 22.7 Å². The lowest BCUT2D eigenvalue weighted by atomic mass is 10.1. The topological polar surface area (TPSA) is 49.9 Å². The molecule has 0 heterocycles. The van der Waals surface area contributed by atoms with Gasteiger partial charge in [0, 0.05) is 5.56 Å². The van der Waals surface area contributed by atoms with Gasteiger partial charge in [0.25, 0.3) is 0 Å². The van der Waals surface area contributed by atoms with Gasteiger partial charge in [-0.25, -0.2) is 0 Å². The molecule has 0 unspecified atom stereocenters. The van der Waals surface area contributed by atoms with Crippen LogP contribution in [-0.2, 0) is 6.18 Å². The maximum absolute atomic E-state index is 12.2. The van der Waals surface area contributed by atoms with Crippen LogP contribution in [-0.4, -0.2) is 5.84 Å². The molecule has 0 saturated carbocycles. The van der Waals surface area contributed by atoms with Gasteiger partial charge in [-0.3, -0.25) is 5.41 Å². The van der Waals surface area contributed by atoms with Crippen LogP contribution >= 0.6 is 11.6 Å². The number of nitrogens with two attached hydrogens (primary N) is 1. The highest BCUT2D eigenvalue weighted by Gasteiger charge is 2.33. The molecule has 14 heavy (non-hydrogen) atoms. The molecule has 1 rings (SSSR count). The zero-order chi connectivity index (χ0) is 10.9. The summed E-state index contributed by atoms with van der Waals surface area (Å²) < 4.78 is 36.6. The first kappa shape index (κ1) is 10.8. The molecule has 0 fully saturated rings. The van der Waals surface area contributed by atoms with Crippen molar-refractivity contribution in [3.05, 3.63) is 34.3 Å². The molecule has 1 aromatic carbocycles. The van der Waals surface area contributed by atoms with Gasteiger partial charge in [-0.15, -0.1) is 0 Å². The van der Waals surface area contributed by atoms with E-state index in [0.717, 1.165) is 18.2 Å². The third-order valence-corrected chi connectivity index (χ3v) is 1.90. The number of benzene rings is 1. The predicted molar refractivity (Wildman–Crippen MR) is 47.5 cm³/mol. The standard InChI is InChI=1S/C8H6ClF3N2/c9-6-3-4(7(13)14)1-2-5(6)8(10,11)12/h1-3H,(H3,13,14). The summed E-state index contributed by atoms with van der Waals surface area (Å²) in [5.74, 6) is -0.319. The molecule has 0 bridgehead atoms. The smallest absolute Gasteiger partial charge is 0.384 e. The second kappa shape index (κ2) is 3.49. The molecule has 0 atom stereocenters. The Hall–Kier alpha value is -1.23. The lowest BCUT2D eigenvalue weighted by Gasteiger charge is -2.09. The molecular formula is C8H6ClF3N2. The van der Waals surface area contributed by atoms with E-state index in [9.17, 15) is 13.2 Å². The molecule has 0 spiro atoms. The van der Waals surface area contributed by atoms with Crippen LogP contribution in [0.1, 0.15) is 11.1 Å². The van der Waals surface area contributed by atoms with Crippen molar-refractivity contribution in [3.63, 3.8) is 0 Å². The van der Waals surface area contributed by atoms with Crippen LogP contribution in [0, 0.1) is 5.41 Å². The van der Waals surface area contributed by atoms with E-state index in [0.29, 0.717) is 0 Å². The van der Waals surface area contributed by atoms with Crippen LogP contribution < -0.4 is 5.73 Å². The molecule has 0 aliphatic heterocycles. The van der Waals surface area contributed by atoms with E-state index in [1.54, 1.807) is 0 Å². The lowest BCUT2D eigenvalue weighted by molar-refractivity contribution is -0.137. The molecule has 0 radical (unpaired) electrons. The van der Waals surface area contributed by atoms with Gasteiger partial charge < -0.3 is 5.73 Å². The second-order valence-electron chi connectivity index (χ2n) is 2.61. The third kappa shape index (κ3) is 2.17. The number of hydrogen-bond acceptors (Lipinski definition) is 1. The number of alkyl halides is 3. The van der Waals surface area contributed by atoms with Crippen molar-refractivity contribution in [3.8, 4) is 0 Å². The fourth-order valence-electron chi connectivity index (χ4n) is 0.913. The highest BCUT2D eigenvalue weighted by molar-refractivity contribution is 6.31. The van der Waals surface area contributed by atoms with Crippen LogP contribution in [0.4, 0.5) is 13.2 Å². The lowest BCUT2D eigenvalue weighted by Crippen LogP contribution is -2.12. The van der Waals surface area contributed by atoms with Crippen molar-refractivity contribution < 1.29 is 13.2 Å². The quantitative estimate of drug-likeness (QED) is 0.557. The Morgan fingerprint density at radius 2 is 1.93 bits per heavy atom. The van der Waals surface area contributed by atoms with E-state index >= 15 is 0 Å². The van der Waals surface area contributed by atoms with E-state index < -0.39 is 16.8 Å². The summed E-state index contributed by atoms with van der Waals surface area (Å²) in [4.78, 5) is 0. The van der Waals surface area contributed by atoms with Gasteiger partial charge >= 0.3 is 6.18 Å². The van der Waals surface area contributed by atoms with E-state index in [2.05, 4.69) is 0 Å². The molecule has 0 aromatic heterocycles. The maximum atomic E-state index is 12.2. The minimum absolute atomic E-state index is 0.169. The summed E-state index contributed by atoms with van der Waals surface area (Å²) in [7, 11) is 0. The highest BCUT2D eigenvalue weighted by Crippen LogP contribution is 2.34. The summed E-state index contributed by atoms with van der Waals surface area (Å²) in [6.45, 7) is 0. The average Bonchev–Trinajstić information content (AvgIpc) is 2.01. The number of amidine groups is 1. The molecule has 2 nitrogen and oxygen atoms in total. The minimum Gasteiger partial charge on any atom is -0.384 e. The molecule has 0 saturated heterocycles. The Kier molecular flexibility index (Phi) is 2.71. The Morgan fingerprint density at radius 3 is 2.29 bits per heavy atom. The van der Waals surface area contributed by atoms with E-state index in [-0.39, 0.29) is 11.4 Å². The number of halogens is 4. The average molecular weight is 223 g/mol. The summed E-state index contributed by atoms with van der Waals surface area (Å²) in [6.07, 6.45) is -4.48. The van der Waals surface area contributed by atoms with Gasteiger partial charge in [-0.1, -0.05) is 17.7 Å². The molecule has 1 aromatic rings. The SMILES string of the molecule is N=C(N)c1ccc(C(F)(F)F)c(Cl)c1. The van der Waals surface area contributed by atoms with Gasteiger partial charge in [0.1, 0.15) is 5.84 Å². The summed E-state index contributed by atoms with van der Waals surface area (Å²) in [5, 5.41) is 6.54. The van der Waals surface area contributed by atoms with Gasteiger partial charge in [-0.2, -0.15) is 13.2 Å². The van der Waals surface area contributed by atoms with Crippen molar-refractivity contribution in [2.45, 2.75) is 6.18 Å². The molecule has 3 N–H and O–H groups in total. The van der Waals surface area contributed by atoms with Crippen molar-refractivity contribution in [1.29, 1.82) is 5.41 Å². The Bertz CT molecular complexity index is 373. The Balaban J connectivity index is 3.21. The van der Waals surface area contributed by atoms with Gasteiger partial charge in [0.2, 0.25) is 0 Å². The first-order chi connectivity index (χ1) is 6.32. The van der Waals surface area contributed by atoms with Gasteiger partial charge in [0.05, 0.1) is 10.6 Å². The number of hydrogen-bond donors (Lipinski definition) is 2. The third-order valence-electron chi connectivity index (χ3n) is 1.59. The summed E-state index contributed by atoms with van der Waals surface area (Å²) >= 11 is 5.39. The molecule has 0 amide bonds. The zero-order valence-electron chi connectivity index (χ0n) is 6.82. The van der Waals surface area contributed by atoms with Crippen LogP contribution in [0.25, 0.3) is 0 Å². The van der Waals surface area contributed by atoms with E-state index in [1.807, 2.05) is 0 Å². The van der Waals surface area contributed by atoms with Crippen LogP contribution in [0.2, 0.25) is 5.02 Å². The van der Waals surface area contributed by atoms with Crippen molar-refractivity contribution >= 4 is 17.4 Å². The minimum atomic E-state index is -4.48. The predicted octanol–water partition coefficient (Wildman–Crippen LogP) is 2.64. The van der Waals surface area contributed by atoms with Crippen molar-refractivity contribution in [2.75, 3.05) is 0 Å². The fourth-order valence-corrected chi connectivity index (χ4v) is 1.20. The fraction of sp³-hybridized carbons (Fsp3) is 0.125. The second-order valence-corrected chi connectivity index (χ2v) is 3.01. The maximum Gasteiger partial charge on any atom is 0.417 e. The number of nitrogen functional groups attached to an aromatic ring is 1. The van der Waals surface area contributed by atoms with E-state index in [1.165, 1.54) is 0 Å². The van der Waals surface area contributed by atoms with Crippen LogP contribution in [0.5, 0.6) is 0 Å². The van der Waals surface area contributed by atoms with Crippen LogP contribution in [0.15, 0.2) is 18.2 Å². The Labute approximate surface area is 83.0 Å². The molecule has 0 aliphatic rings. The summed E-state index contributed by atoms with van der Waals surface area (Å²) in [5.41, 5.74) is 4.33. The van der Waals surface area contributed by atoms with Gasteiger partial charge in [-0.05, 0) is 12.1 Å². The monoisotopic (exact) mass is 222 g/mol. The summed E-state index contributed by atoms with van der Waals surface area (Å²) in [6, 6.07) is 2.93. The van der Waals surface area contributed by atoms with Crippen LogP contribution in [0.3, 0.4) is 0 Å². The van der Waals surface area contributed by atoms with Gasteiger partial charge in [0.15, 0.2) is 0 Å². The van der Waals surface area contributed by atoms with Crippen molar-refractivity contribution in [1.82, 2.24) is 0 Å². The first-order valence-corrected chi connectivity index (χ1v) is 3.91. The molecular weight excluding hydrogens is 217 g/mol. The molecule has 76 valence electrons. The number of nitrogens with one attached hydrogen (secondary N) is 1. The Morgan fingerprint density at radius 1 is 1.36 bits per heavy atom. The molecule has 6 heteroatoms. The zero-order valence-corrected chi connectivity index (χ0v) is 7.58. The largest absolute Gasteiger partial charge is 0.417 e. The first-order valence-electron chi connectivity index (χ1n) is 3.53. The number of rotatable bonds is 1. The molecule has 0 aliphatic carbocycles. The van der Waals surface area contributed by atoms with Crippen molar-refractivity contribution in [2.24, 2.45) is 5.73 Å². The normalized spacial score (nSPS) is 11.4.